The highest BCUT2D eigenvalue weighted by Gasteiger charge is 2.23. The van der Waals surface area contributed by atoms with E-state index < -0.39 is 0 Å². The SMILES string of the molecule is CC1CCCCC1NC(=O)c1cccn1C. The Kier molecular flexibility index (Phi) is 3.32. The summed E-state index contributed by atoms with van der Waals surface area (Å²) in [5, 5.41) is 3.15. The van der Waals surface area contributed by atoms with Crippen molar-refractivity contribution in [1.82, 2.24) is 9.88 Å². The Morgan fingerprint density at radius 1 is 1.44 bits per heavy atom. The Hall–Kier alpha value is -1.25. The second-order valence-electron chi connectivity index (χ2n) is 4.85. The average Bonchev–Trinajstić information content (AvgIpc) is 2.68. The summed E-state index contributed by atoms with van der Waals surface area (Å²) < 4.78 is 1.86. The second-order valence-corrected chi connectivity index (χ2v) is 4.85. The summed E-state index contributed by atoms with van der Waals surface area (Å²) in [4.78, 5) is 12.0. The number of hydrogen-bond donors (Lipinski definition) is 1. The van der Waals surface area contributed by atoms with Crippen molar-refractivity contribution in [3.05, 3.63) is 24.0 Å². The molecule has 1 N–H and O–H groups in total. The summed E-state index contributed by atoms with van der Waals surface area (Å²) in [5.74, 6) is 0.671. The number of carbonyl (C=O) groups is 1. The molecule has 0 aliphatic heterocycles. The van der Waals surface area contributed by atoms with Crippen molar-refractivity contribution in [2.24, 2.45) is 13.0 Å². The Bertz CT molecular complexity index is 370. The molecule has 1 saturated carbocycles. The van der Waals surface area contributed by atoms with Crippen LogP contribution in [0.1, 0.15) is 43.1 Å². The van der Waals surface area contributed by atoms with Crippen LogP contribution in [0.2, 0.25) is 0 Å². The fourth-order valence-electron chi connectivity index (χ4n) is 2.47. The van der Waals surface area contributed by atoms with Crippen molar-refractivity contribution in [3.8, 4) is 0 Å². The van der Waals surface area contributed by atoms with Crippen molar-refractivity contribution >= 4 is 5.91 Å². The molecule has 1 aromatic rings. The number of nitrogens with zero attached hydrogens (tertiary/aromatic N) is 1. The molecule has 0 saturated heterocycles. The molecule has 0 spiro atoms. The van der Waals surface area contributed by atoms with Gasteiger partial charge in [0.15, 0.2) is 0 Å². The lowest BCUT2D eigenvalue weighted by Crippen LogP contribution is -2.41. The first-order valence-electron chi connectivity index (χ1n) is 6.10. The monoisotopic (exact) mass is 220 g/mol. The van der Waals surface area contributed by atoms with E-state index in [4.69, 9.17) is 0 Å². The van der Waals surface area contributed by atoms with E-state index in [2.05, 4.69) is 12.2 Å². The predicted molar refractivity (Wildman–Crippen MR) is 64.3 cm³/mol. The summed E-state index contributed by atoms with van der Waals surface area (Å²) in [7, 11) is 1.90. The Labute approximate surface area is 96.8 Å². The summed E-state index contributed by atoms with van der Waals surface area (Å²) >= 11 is 0. The quantitative estimate of drug-likeness (QED) is 0.815. The maximum Gasteiger partial charge on any atom is 0.268 e. The van der Waals surface area contributed by atoms with Crippen LogP contribution >= 0.6 is 0 Å². The second kappa shape index (κ2) is 4.73. The molecule has 3 nitrogen and oxygen atoms in total. The number of nitrogens with one attached hydrogen (secondary N) is 1. The number of carbonyl (C=O) groups excluding carboxylic acids is 1. The Morgan fingerprint density at radius 3 is 2.81 bits per heavy atom. The van der Waals surface area contributed by atoms with E-state index in [9.17, 15) is 4.79 Å². The lowest BCUT2D eigenvalue weighted by atomic mass is 9.86. The number of rotatable bonds is 2. The molecule has 16 heavy (non-hydrogen) atoms. The Balaban J connectivity index is 1.99. The van der Waals surface area contributed by atoms with Crippen molar-refractivity contribution < 1.29 is 4.79 Å². The zero-order valence-electron chi connectivity index (χ0n) is 10.1. The first-order valence-corrected chi connectivity index (χ1v) is 6.10. The minimum absolute atomic E-state index is 0.0613. The van der Waals surface area contributed by atoms with Gasteiger partial charge in [0.05, 0.1) is 0 Å². The van der Waals surface area contributed by atoms with E-state index in [0.29, 0.717) is 12.0 Å². The van der Waals surface area contributed by atoms with Gasteiger partial charge in [-0.2, -0.15) is 0 Å². The van der Waals surface area contributed by atoms with E-state index in [1.54, 1.807) is 0 Å². The fraction of sp³-hybridized carbons (Fsp3) is 0.615. The van der Waals surface area contributed by atoms with Gasteiger partial charge in [-0.3, -0.25) is 4.79 Å². The van der Waals surface area contributed by atoms with Crippen LogP contribution in [0.25, 0.3) is 0 Å². The largest absolute Gasteiger partial charge is 0.348 e. The summed E-state index contributed by atoms with van der Waals surface area (Å²) in [6.07, 6.45) is 6.80. The van der Waals surface area contributed by atoms with Gasteiger partial charge in [-0.05, 0) is 30.9 Å². The van der Waals surface area contributed by atoms with E-state index in [-0.39, 0.29) is 5.91 Å². The fourth-order valence-corrected chi connectivity index (χ4v) is 2.47. The molecule has 0 aromatic carbocycles. The minimum Gasteiger partial charge on any atom is -0.348 e. The zero-order valence-corrected chi connectivity index (χ0v) is 10.1. The highest BCUT2D eigenvalue weighted by Crippen LogP contribution is 2.23. The van der Waals surface area contributed by atoms with Gasteiger partial charge in [0, 0.05) is 19.3 Å². The lowest BCUT2D eigenvalue weighted by Gasteiger charge is -2.29. The van der Waals surface area contributed by atoms with Gasteiger partial charge in [-0.15, -0.1) is 0 Å². The van der Waals surface area contributed by atoms with E-state index in [1.165, 1.54) is 19.3 Å². The molecule has 1 heterocycles. The lowest BCUT2D eigenvalue weighted by molar-refractivity contribution is 0.0902. The molecule has 0 bridgehead atoms. The summed E-state index contributed by atoms with van der Waals surface area (Å²) in [5.41, 5.74) is 0.748. The van der Waals surface area contributed by atoms with Crippen molar-refractivity contribution in [1.29, 1.82) is 0 Å². The van der Waals surface area contributed by atoms with Gasteiger partial charge in [-0.1, -0.05) is 19.8 Å². The van der Waals surface area contributed by atoms with Crippen LogP contribution in [0.3, 0.4) is 0 Å². The Morgan fingerprint density at radius 2 is 2.19 bits per heavy atom. The smallest absolute Gasteiger partial charge is 0.268 e. The van der Waals surface area contributed by atoms with Gasteiger partial charge in [0.25, 0.3) is 5.91 Å². The van der Waals surface area contributed by atoms with Crippen LogP contribution in [-0.4, -0.2) is 16.5 Å². The molecule has 2 rings (SSSR count). The summed E-state index contributed by atoms with van der Waals surface area (Å²) in [6.45, 7) is 2.23. The van der Waals surface area contributed by atoms with E-state index >= 15 is 0 Å². The van der Waals surface area contributed by atoms with Crippen LogP contribution < -0.4 is 5.32 Å². The molecule has 1 amide bonds. The minimum atomic E-state index is 0.0613. The van der Waals surface area contributed by atoms with Crippen LogP contribution in [0.5, 0.6) is 0 Å². The first-order chi connectivity index (χ1) is 7.68. The first kappa shape index (κ1) is 11.2. The van der Waals surface area contributed by atoms with Gasteiger partial charge < -0.3 is 9.88 Å². The number of hydrogen-bond acceptors (Lipinski definition) is 1. The highest BCUT2D eigenvalue weighted by molar-refractivity contribution is 5.92. The van der Waals surface area contributed by atoms with E-state index in [0.717, 1.165) is 12.1 Å². The molecule has 2 atom stereocenters. The van der Waals surface area contributed by atoms with Gasteiger partial charge >= 0.3 is 0 Å². The third-order valence-corrected chi connectivity index (χ3v) is 3.60. The van der Waals surface area contributed by atoms with E-state index in [1.807, 2.05) is 29.9 Å². The molecule has 1 fully saturated rings. The third-order valence-electron chi connectivity index (χ3n) is 3.60. The zero-order chi connectivity index (χ0) is 11.5. The molecule has 0 radical (unpaired) electrons. The van der Waals surface area contributed by atoms with Crippen molar-refractivity contribution in [2.75, 3.05) is 0 Å². The molecule has 3 heteroatoms. The molecule has 1 aliphatic rings. The van der Waals surface area contributed by atoms with Crippen LogP contribution in [-0.2, 0) is 7.05 Å². The van der Waals surface area contributed by atoms with Crippen molar-refractivity contribution in [3.63, 3.8) is 0 Å². The third kappa shape index (κ3) is 2.29. The molecular weight excluding hydrogens is 200 g/mol. The molecule has 88 valence electrons. The van der Waals surface area contributed by atoms with Gasteiger partial charge in [-0.25, -0.2) is 0 Å². The predicted octanol–water partition coefficient (Wildman–Crippen LogP) is 2.33. The number of aryl methyl sites for hydroxylation is 1. The summed E-state index contributed by atoms with van der Waals surface area (Å²) in [6, 6.07) is 4.12. The molecular formula is C13H20N2O. The maximum absolute atomic E-state index is 12.0. The van der Waals surface area contributed by atoms with Gasteiger partial charge in [0.1, 0.15) is 5.69 Å². The molecule has 1 aliphatic carbocycles. The van der Waals surface area contributed by atoms with Crippen molar-refractivity contribution in [2.45, 2.75) is 38.6 Å². The molecule has 1 aromatic heterocycles. The van der Waals surface area contributed by atoms with Gasteiger partial charge in [0.2, 0.25) is 0 Å². The van der Waals surface area contributed by atoms with Crippen LogP contribution in [0.4, 0.5) is 0 Å². The number of aromatic nitrogens is 1. The maximum atomic E-state index is 12.0. The highest BCUT2D eigenvalue weighted by atomic mass is 16.2. The van der Waals surface area contributed by atoms with Crippen LogP contribution in [0, 0.1) is 5.92 Å². The molecule has 2 unspecified atom stereocenters. The topological polar surface area (TPSA) is 34.0 Å². The number of amides is 1. The average molecular weight is 220 g/mol. The standard InChI is InChI=1S/C13H20N2O/c1-10-6-3-4-7-11(10)14-13(16)12-8-5-9-15(12)2/h5,8-11H,3-4,6-7H2,1-2H3,(H,14,16). The van der Waals surface area contributed by atoms with Crippen LogP contribution in [0.15, 0.2) is 18.3 Å². The normalized spacial score (nSPS) is 25.4.